The minimum atomic E-state index is -4.35. The molecule has 0 saturated carbocycles. The molecule has 0 N–H and O–H groups in total. The molecule has 0 saturated heterocycles. The maximum Gasteiger partial charge on any atom is 0.416 e. The van der Waals surface area contributed by atoms with Gasteiger partial charge in [-0.2, -0.15) is 13.2 Å². The van der Waals surface area contributed by atoms with E-state index < -0.39 is 11.7 Å². The van der Waals surface area contributed by atoms with Gasteiger partial charge >= 0.3 is 6.18 Å². The van der Waals surface area contributed by atoms with E-state index >= 15 is 0 Å². The summed E-state index contributed by atoms with van der Waals surface area (Å²) in [7, 11) is 1.88. The molecule has 0 bridgehead atoms. The van der Waals surface area contributed by atoms with Crippen molar-refractivity contribution in [3.8, 4) is 11.1 Å². The summed E-state index contributed by atoms with van der Waals surface area (Å²) in [5.74, 6) is 0. The van der Waals surface area contributed by atoms with E-state index in [0.29, 0.717) is 5.39 Å². The van der Waals surface area contributed by atoms with Gasteiger partial charge in [0.15, 0.2) is 5.43 Å². The first-order chi connectivity index (χ1) is 13.8. The maximum absolute atomic E-state index is 12.8. The van der Waals surface area contributed by atoms with Gasteiger partial charge in [0.05, 0.1) is 11.1 Å². The standard InChI is InChI=1S/C23H16F3NOS/c1-27-13-12-21(28)19-11-6-15(14-20(19)27)18-4-2-3-5-22(18)29-17-9-7-16(8-10-17)23(24,25)26/h2-14H,1H3. The van der Waals surface area contributed by atoms with E-state index in [4.69, 9.17) is 0 Å². The van der Waals surface area contributed by atoms with E-state index in [-0.39, 0.29) is 5.43 Å². The first kappa shape index (κ1) is 19.3. The largest absolute Gasteiger partial charge is 0.416 e. The summed E-state index contributed by atoms with van der Waals surface area (Å²) in [4.78, 5) is 13.7. The molecule has 146 valence electrons. The van der Waals surface area contributed by atoms with Gasteiger partial charge < -0.3 is 4.57 Å². The molecule has 0 spiro atoms. The Kier molecular flexibility index (Phi) is 4.96. The highest BCUT2D eigenvalue weighted by Gasteiger charge is 2.29. The van der Waals surface area contributed by atoms with Crippen molar-refractivity contribution >= 4 is 22.7 Å². The molecule has 4 rings (SSSR count). The number of alkyl halides is 3. The number of aromatic nitrogens is 1. The minimum Gasteiger partial charge on any atom is -0.350 e. The summed E-state index contributed by atoms with van der Waals surface area (Å²) < 4.78 is 40.3. The molecule has 0 aliphatic rings. The van der Waals surface area contributed by atoms with Crippen LogP contribution in [0.1, 0.15) is 5.56 Å². The highest BCUT2D eigenvalue weighted by molar-refractivity contribution is 7.99. The number of fused-ring (bicyclic) bond motifs is 1. The van der Waals surface area contributed by atoms with Crippen LogP contribution in [0, 0.1) is 0 Å². The van der Waals surface area contributed by atoms with Crippen molar-refractivity contribution < 1.29 is 13.2 Å². The van der Waals surface area contributed by atoms with Crippen molar-refractivity contribution in [2.24, 2.45) is 7.05 Å². The van der Waals surface area contributed by atoms with Crippen LogP contribution in [0.15, 0.2) is 93.6 Å². The molecule has 0 unspecified atom stereocenters. The van der Waals surface area contributed by atoms with Crippen LogP contribution < -0.4 is 5.43 Å². The zero-order valence-corrected chi connectivity index (χ0v) is 16.2. The fraction of sp³-hybridized carbons (Fsp3) is 0.0870. The zero-order chi connectivity index (χ0) is 20.6. The fourth-order valence-corrected chi connectivity index (χ4v) is 4.15. The molecule has 0 aliphatic carbocycles. The van der Waals surface area contributed by atoms with Crippen LogP contribution in [0.25, 0.3) is 22.0 Å². The van der Waals surface area contributed by atoms with Crippen molar-refractivity contribution in [2.75, 3.05) is 0 Å². The fourth-order valence-electron chi connectivity index (χ4n) is 3.18. The minimum absolute atomic E-state index is 0.0305. The van der Waals surface area contributed by atoms with E-state index in [9.17, 15) is 18.0 Å². The Labute approximate surface area is 169 Å². The van der Waals surface area contributed by atoms with Crippen molar-refractivity contribution in [1.82, 2.24) is 4.57 Å². The molecule has 0 fully saturated rings. The van der Waals surface area contributed by atoms with Crippen LogP contribution in [-0.2, 0) is 13.2 Å². The molecule has 0 radical (unpaired) electrons. The van der Waals surface area contributed by atoms with E-state index in [1.165, 1.54) is 30.0 Å². The summed E-state index contributed by atoms with van der Waals surface area (Å²) in [6.45, 7) is 0. The number of hydrogen-bond acceptors (Lipinski definition) is 2. The number of pyridine rings is 1. The Morgan fingerprint density at radius 1 is 0.897 bits per heavy atom. The first-order valence-corrected chi connectivity index (χ1v) is 9.68. The van der Waals surface area contributed by atoms with Gasteiger partial charge in [-0.3, -0.25) is 4.79 Å². The van der Waals surface area contributed by atoms with Crippen molar-refractivity contribution in [3.05, 3.63) is 94.8 Å². The van der Waals surface area contributed by atoms with E-state index in [0.717, 1.165) is 38.6 Å². The average molecular weight is 411 g/mol. The normalized spacial score (nSPS) is 11.7. The lowest BCUT2D eigenvalue weighted by atomic mass is 10.0. The second kappa shape index (κ2) is 7.44. The molecule has 3 aromatic carbocycles. The van der Waals surface area contributed by atoms with Gasteiger partial charge in [-0.15, -0.1) is 0 Å². The molecular formula is C23H16F3NOS. The molecule has 29 heavy (non-hydrogen) atoms. The Morgan fingerprint density at radius 3 is 2.34 bits per heavy atom. The lowest BCUT2D eigenvalue weighted by molar-refractivity contribution is -0.137. The van der Waals surface area contributed by atoms with Gasteiger partial charge in [0.1, 0.15) is 0 Å². The topological polar surface area (TPSA) is 22.0 Å². The van der Waals surface area contributed by atoms with Gasteiger partial charge in [0.25, 0.3) is 0 Å². The predicted molar refractivity (Wildman–Crippen MR) is 110 cm³/mol. The van der Waals surface area contributed by atoms with Gasteiger partial charge in [-0.1, -0.05) is 36.0 Å². The lowest BCUT2D eigenvalue weighted by Gasteiger charge is -2.12. The first-order valence-electron chi connectivity index (χ1n) is 8.87. The summed E-state index contributed by atoms with van der Waals surface area (Å²) in [5, 5.41) is 0.645. The number of nitrogens with zero attached hydrogens (tertiary/aromatic N) is 1. The summed E-state index contributed by atoms with van der Waals surface area (Å²) in [5.41, 5.74) is 2.02. The van der Waals surface area contributed by atoms with Crippen molar-refractivity contribution in [3.63, 3.8) is 0 Å². The molecule has 4 aromatic rings. The third kappa shape index (κ3) is 3.93. The van der Waals surface area contributed by atoms with Crippen LogP contribution in [0.5, 0.6) is 0 Å². The second-order valence-corrected chi connectivity index (χ2v) is 7.76. The number of aryl methyl sites for hydroxylation is 1. The quantitative estimate of drug-likeness (QED) is 0.390. The highest BCUT2D eigenvalue weighted by Crippen LogP contribution is 2.38. The highest BCUT2D eigenvalue weighted by atomic mass is 32.2. The van der Waals surface area contributed by atoms with Crippen LogP contribution >= 0.6 is 11.8 Å². The molecule has 0 atom stereocenters. The van der Waals surface area contributed by atoms with Crippen LogP contribution in [0.4, 0.5) is 13.2 Å². The molecule has 6 heteroatoms. The molecular weight excluding hydrogens is 395 g/mol. The van der Waals surface area contributed by atoms with Crippen molar-refractivity contribution in [1.29, 1.82) is 0 Å². The zero-order valence-electron chi connectivity index (χ0n) is 15.4. The maximum atomic E-state index is 12.8. The smallest absolute Gasteiger partial charge is 0.350 e. The number of hydrogen-bond donors (Lipinski definition) is 0. The molecule has 1 heterocycles. The van der Waals surface area contributed by atoms with Gasteiger partial charge in [-0.05, 0) is 53.6 Å². The molecule has 2 nitrogen and oxygen atoms in total. The van der Waals surface area contributed by atoms with Gasteiger partial charge in [-0.25, -0.2) is 0 Å². The van der Waals surface area contributed by atoms with E-state index in [2.05, 4.69) is 0 Å². The Bertz CT molecular complexity index is 1240. The predicted octanol–water partition coefficient (Wildman–Crippen LogP) is 6.38. The third-order valence-electron chi connectivity index (χ3n) is 4.70. The lowest BCUT2D eigenvalue weighted by Crippen LogP contribution is -2.05. The molecule has 1 aromatic heterocycles. The second-order valence-electron chi connectivity index (χ2n) is 6.64. The molecule has 0 amide bonds. The Balaban J connectivity index is 1.73. The monoisotopic (exact) mass is 411 g/mol. The van der Waals surface area contributed by atoms with Crippen LogP contribution in [-0.4, -0.2) is 4.57 Å². The summed E-state index contributed by atoms with van der Waals surface area (Å²) >= 11 is 1.41. The van der Waals surface area contributed by atoms with E-state index in [1.54, 1.807) is 6.20 Å². The number of rotatable bonds is 3. The van der Waals surface area contributed by atoms with Crippen LogP contribution in [0.3, 0.4) is 0 Å². The van der Waals surface area contributed by atoms with Crippen molar-refractivity contribution in [2.45, 2.75) is 16.0 Å². The third-order valence-corrected chi connectivity index (χ3v) is 5.78. The number of benzene rings is 3. The van der Waals surface area contributed by atoms with Gasteiger partial charge in [0, 0.05) is 34.5 Å². The SMILES string of the molecule is Cn1ccc(=O)c2ccc(-c3ccccc3Sc3ccc(C(F)(F)F)cc3)cc21. The summed E-state index contributed by atoms with van der Waals surface area (Å²) in [6.07, 6.45) is -2.61. The number of halogens is 3. The van der Waals surface area contributed by atoms with E-state index in [1.807, 2.05) is 54.1 Å². The average Bonchev–Trinajstić information content (AvgIpc) is 2.71. The Hall–Kier alpha value is -2.99. The van der Waals surface area contributed by atoms with Gasteiger partial charge in [0.2, 0.25) is 0 Å². The summed E-state index contributed by atoms with van der Waals surface area (Å²) in [6, 6.07) is 20.1. The van der Waals surface area contributed by atoms with Crippen LogP contribution in [0.2, 0.25) is 0 Å². The molecule has 0 aliphatic heterocycles. The Morgan fingerprint density at radius 2 is 1.62 bits per heavy atom.